The van der Waals surface area contributed by atoms with Crippen molar-refractivity contribution < 1.29 is 14.3 Å². The molecule has 0 fully saturated rings. The highest BCUT2D eigenvalue weighted by Gasteiger charge is 2.26. The van der Waals surface area contributed by atoms with Gasteiger partial charge in [0.25, 0.3) is 0 Å². The average Bonchev–Trinajstić information content (AvgIpc) is 2.80. The number of carbonyl (C=O) groups excluding carboxylic acids is 2. The molecule has 33 heavy (non-hydrogen) atoms. The van der Waals surface area contributed by atoms with Crippen LogP contribution in [0.1, 0.15) is 70.6 Å². The van der Waals surface area contributed by atoms with Crippen molar-refractivity contribution in [1.82, 2.24) is 10.2 Å². The zero-order chi connectivity index (χ0) is 24.4. The van der Waals surface area contributed by atoms with Crippen LogP contribution in [0.25, 0.3) is 0 Å². The summed E-state index contributed by atoms with van der Waals surface area (Å²) in [4.78, 5) is 27.7. The largest absolute Gasteiger partial charge is 0.497 e. The number of rotatable bonds is 11. The molecule has 0 spiro atoms. The summed E-state index contributed by atoms with van der Waals surface area (Å²) < 4.78 is 5.33. The van der Waals surface area contributed by atoms with Crippen LogP contribution in [0.4, 0.5) is 0 Å². The summed E-state index contributed by atoms with van der Waals surface area (Å²) in [6, 6.07) is 15.6. The van der Waals surface area contributed by atoms with Gasteiger partial charge in [0.15, 0.2) is 0 Å². The summed E-state index contributed by atoms with van der Waals surface area (Å²) in [6.07, 6.45) is 2.93. The van der Waals surface area contributed by atoms with E-state index in [-0.39, 0.29) is 17.2 Å². The fourth-order valence-electron chi connectivity index (χ4n) is 3.65. The topological polar surface area (TPSA) is 58.6 Å². The normalized spacial score (nSPS) is 12.2. The number of benzene rings is 2. The Labute approximate surface area is 199 Å². The van der Waals surface area contributed by atoms with E-state index >= 15 is 0 Å². The summed E-state index contributed by atoms with van der Waals surface area (Å²) in [5.41, 5.74) is 3.43. The Hall–Kier alpha value is -2.82. The van der Waals surface area contributed by atoms with E-state index in [9.17, 15) is 9.59 Å². The smallest absolute Gasteiger partial charge is 0.242 e. The number of hydrogen-bond donors (Lipinski definition) is 1. The Morgan fingerprint density at radius 2 is 1.76 bits per heavy atom. The molecule has 2 amide bonds. The van der Waals surface area contributed by atoms with Crippen molar-refractivity contribution in [2.45, 2.75) is 78.3 Å². The second kappa shape index (κ2) is 12.4. The number of aryl methyl sites for hydroxylation is 1. The van der Waals surface area contributed by atoms with Gasteiger partial charge in [0, 0.05) is 19.5 Å². The van der Waals surface area contributed by atoms with Crippen LogP contribution in [0.2, 0.25) is 0 Å². The number of ether oxygens (including phenoxy) is 1. The van der Waals surface area contributed by atoms with Gasteiger partial charge >= 0.3 is 0 Å². The summed E-state index contributed by atoms with van der Waals surface area (Å²) >= 11 is 0. The Balaban J connectivity index is 2.13. The predicted molar refractivity (Wildman–Crippen MR) is 134 cm³/mol. The van der Waals surface area contributed by atoms with E-state index in [1.165, 1.54) is 5.56 Å². The van der Waals surface area contributed by atoms with Crippen LogP contribution < -0.4 is 10.1 Å². The van der Waals surface area contributed by atoms with Crippen molar-refractivity contribution in [2.24, 2.45) is 0 Å². The fourth-order valence-corrected chi connectivity index (χ4v) is 3.65. The molecule has 0 aliphatic carbocycles. The Morgan fingerprint density at radius 1 is 1.06 bits per heavy atom. The van der Waals surface area contributed by atoms with E-state index in [4.69, 9.17) is 4.74 Å². The van der Waals surface area contributed by atoms with Crippen LogP contribution in [-0.2, 0) is 28.0 Å². The molecule has 180 valence electrons. The molecule has 0 bridgehead atoms. The first-order valence-corrected chi connectivity index (χ1v) is 11.9. The molecule has 2 rings (SSSR count). The zero-order valence-corrected chi connectivity index (χ0v) is 21.1. The average molecular weight is 453 g/mol. The molecule has 1 atom stereocenters. The minimum absolute atomic E-state index is 0.0316. The maximum Gasteiger partial charge on any atom is 0.242 e. The molecule has 0 aliphatic rings. The Morgan fingerprint density at radius 3 is 2.36 bits per heavy atom. The maximum atomic E-state index is 13.3. The lowest BCUT2D eigenvalue weighted by Gasteiger charge is -2.29. The number of nitrogens with one attached hydrogen (secondary N) is 1. The van der Waals surface area contributed by atoms with Crippen molar-refractivity contribution in [3.8, 4) is 5.75 Å². The van der Waals surface area contributed by atoms with Crippen LogP contribution in [0, 0.1) is 0 Å². The number of hydrogen-bond acceptors (Lipinski definition) is 3. The first kappa shape index (κ1) is 26.4. The third kappa shape index (κ3) is 8.23. The molecule has 0 saturated carbocycles. The van der Waals surface area contributed by atoms with Crippen molar-refractivity contribution >= 4 is 11.8 Å². The predicted octanol–water partition coefficient (Wildman–Crippen LogP) is 5.26. The minimum atomic E-state index is -0.552. The van der Waals surface area contributed by atoms with Crippen molar-refractivity contribution in [1.29, 1.82) is 0 Å². The standard InChI is InChI=1S/C28H40N2O3/c1-7-8-18-29-27(32)21(2)30(20-23-10-9-11-25(19-23)33-6)26(31)17-14-22-12-15-24(16-13-22)28(3,4)5/h9-13,15-16,19,21H,7-8,14,17-18,20H2,1-6H3,(H,29,32)/t21-/m0/s1. The molecule has 0 unspecified atom stereocenters. The van der Waals surface area contributed by atoms with E-state index in [0.29, 0.717) is 25.9 Å². The van der Waals surface area contributed by atoms with E-state index in [2.05, 4.69) is 57.3 Å². The molecular formula is C28H40N2O3. The van der Waals surface area contributed by atoms with Gasteiger partial charge in [-0.25, -0.2) is 0 Å². The second-order valence-electron chi connectivity index (χ2n) is 9.64. The minimum Gasteiger partial charge on any atom is -0.497 e. The van der Waals surface area contributed by atoms with Crippen molar-refractivity contribution in [3.63, 3.8) is 0 Å². The molecule has 5 heteroatoms. The van der Waals surface area contributed by atoms with Crippen LogP contribution in [0.5, 0.6) is 5.75 Å². The van der Waals surface area contributed by atoms with Crippen LogP contribution in [0.3, 0.4) is 0 Å². The summed E-state index contributed by atoms with van der Waals surface area (Å²) in [5.74, 6) is 0.587. The third-order valence-corrected chi connectivity index (χ3v) is 5.93. The van der Waals surface area contributed by atoms with Crippen LogP contribution in [-0.4, -0.2) is 36.4 Å². The molecule has 0 saturated heterocycles. The second-order valence-corrected chi connectivity index (χ2v) is 9.64. The monoisotopic (exact) mass is 452 g/mol. The molecule has 0 aliphatic heterocycles. The number of amides is 2. The lowest BCUT2D eigenvalue weighted by Crippen LogP contribution is -2.47. The molecule has 0 aromatic heterocycles. The molecule has 0 heterocycles. The summed E-state index contributed by atoms with van der Waals surface area (Å²) in [5, 5.41) is 2.96. The highest BCUT2D eigenvalue weighted by molar-refractivity contribution is 5.87. The summed E-state index contributed by atoms with van der Waals surface area (Å²) in [6.45, 7) is 11.4. The number of nitrogens with zero attached hydrogens (tertiary/aromatic N) is 1. The van der Waals surface area contributed by atoms with Crippen LogP contribution >= 0.6 is 0 Å². The molecule has 5 nitrogen and oxygen atoms in total. The van der Waals surface area contributed by atoms with Gasteiger partial charge in [-0.3, -0.25) is 9.59 Å². The van der Waals surface area contributed by atoms with Gasteiger partial charge in [-0.1, -0.05) is 70.5 Å². The summed E-state index contributed by atoms with van der Waals surface area (Å²) in [7, 11) is 1.62. The maximum absolute atomic E-state index is 13.3. The Kier molecular flexibility index (Phi) is 9.95. The van der Waals surface area contributed by atoms with Gasteiger partial charge in [0.1, 0.15) is 11.8 Å². The number of unbranched alkanes of at least 4 members (excludes halogenated alkanes) is 1. The van der Waals surface area contributed by atoms with Gasteiger partial charge in [0.2, 0.25) is 11.8 Å². The van der Waals surface area contributed by atoms with Crippen molar-refractivity contribution in [2.75, 3.05) is 13.7 Å². The number of methoxy groups -OCH3 is 1. The van der Waals surface area contributed by atoms with E-state index in [0.717, 1.165) is 29.7 Å². The Bertz CT molecular complexity index is 900. The number of carbonyl (C=O) groups is 2. The molecule has 2 aromatic rings. The molecule has 0 radical (unpaired) electrons. The lowest BCUT2D eigenvalue weighted by atomic mass is 9.86. The fraction of sp³-hybridized carbons (Fsp3) is 0.500. The van der Waals surface area contributed by atoms with Gasteiger partial charge in [-0.15, -0.1) is 0 Å². The van der Waals surface area contributed by atoms with Gasteiger partial charge in [-0.05, 0) is 54.0 Å². The van der Waals surface area contributed by atoms with Crippen molar-refractivity contribution in [3.05, 3.63) is 65.2 Å². The third-order valence-electron chi connectivity index (χ3n) is 5.93. The lowest BCUT2D eigenvalue weighted by molar-refractivity contribution is -0.140. The highest BCUT2D eigenvalue weighted by Crippen LogP contribution is 2.23. The molecule has 2 aromatic carbocycles. The molecule has 1 N–H and O–H groups in total. The van der Waals surface area contributed by atoms with Gasteiger partial charge in [0.05, 0.1) is 7.11 Å². The van der Waals surface area contributed by atoms with E-state index in [1.54, 1.807) is 18.9 Å². The first-order valence-electron chi connectivity index (χ1n) is 11.9. The SMILES string of the molecule is CCCCNC(=O)[C@H](C)N(Cc1cccc(OC)c1)C(=O)CCc1ccc(C(C)(C)C)cc1. The van der Waals surface area contributed by atoms with E-state index in [1.807, 2.05) is 24.3 Å². The van der Waals surface area contributed by atoms with Gasteiger partial charge < -0.3 is 15.0 Å². The first-order chi connectivity index (χ1) is 15.7. The highest BCUT2D eigenvalue weighted by atomic mass is 16.5. The molecular weight excluding hydrogens is 412 g/mol. The van der Waals surface area contributed by atoms with E-state index < -0.39 is 6.04 Å². The van der Waals surface area contributed by atoms with Gasteiger partial charge in [-0.2, -0.15) is 0 Å². The zero-order valence-electron chi connectivity index (χ0n) is 21.1. The quantitative estimate of drug-likeness (QED) is 0.473. The van der Waals surface area contributed by atoms with Crippen LogP contribution in [0.15, 0.2) is 48.5 Å².